The van der Waals surface area contributed by atoms with Crippen molar-refractivity contribution in [3.05, 3.63) is 53.1 Å². The van der Waals surface area contributed by atoms with E-state index in [-0.39, 0.29) is 5.82 Å². The van der Waals surface area contributed by atoms with Gasteiger partial charge in [0, 0.05) is 37.8 Å². The van der Waals surface area contributed by atoms with E-state index in [4.69, 9.17) is 26.1 Å². The van der Waals surface area contributed by atoms with Crippen LogP contribution in [0.15, 0.2) is 46.9 Å². The molecule has 1 fully saturated rings. The predicted molar refractivity (Wildman–Crippen MR) is 114 cm³/mol. The summed E-state index contributed by atoms with van der Waals surface area (Å²) in [5, 5.41) is 4.54. The molecular weight excluding hydrogens is 407 g/mol. The van der Waals surface area contributed by atoms with Gasteiger partial charge in [0.1, 0.15) is 17.3 Å². The molecule has 0 aliphatic carbocycles. The number of hydrogen-bond acceptors (Lipinski definition) is 7. The molecule has 2 heterocycles. The summed E-state index contributed by atoms with van der Waals surface area (Å²) in [5.41, 5.74) is 1.37. The van der Waals surface area contributed by atoms with Gasteiger partial charge in [-0.25, -0.2) is 9.07 Å². The molecule has 0 N–H and O–H groups in total. The van der Waals surface area contributed by atoms with Gasteiger partial charge in [-0.05, 0) is 36.5 Å². The smallest absolute Gasteiger partial charge is 0.288 e. The number of piperazine rings is 1. The largest absolute Gasteiger partial charge is 0.497 e. The third-order valence-electron chi connectivity index (χ3n) is 5.10. The number of anilines is 1. The van der Waals surface area contributed by atoms with Crippen molar-refractivity contribution in [2.24, 2.45) is 0 Å². The monoisotopic (exact) mass is 430 g/mol. The maximum absolute atomic E-state index is 14.0. The molecule has 9 heteroatoms. The number of rotatable bonds is 6. The Hall–Kier alpha value is -2.91. The normalized spacial score (nSPS) is 14.7. The highest BCUT2D eigenvalue weighted by Crippen LogP contribution is 2.29. The Bertz CT molecular complexity index is 1050. The van der Waals surface area contributed by atoms with Gasteiger partial charge in [0.05, 0.1) is 26.6 Å². The average molecular weight is 431 g/mol. The van der Waals surface area contributed by atoms with Crippen molar-refractivity contribution in [3.8, 4) is 23.0 Å². The number of halogens is 1. The van der Waals surface area contributed by atoms with Crippen LogP contribution in [0.25, 0.3) is 11.5 Å². The third kappa shape index (κ3) is 4.31. The molecule has 0 atom stereocenters. The van der Waals surface area contributed by atoms with Gasteiger partial charge in [0.15, 0.2) is 0 Å². The van der Waals surface area contributed by atoms with Crippen molar-refractivity contribution in [3.63, 3.8) is 0 Å². The van der Waals surface area contributed by atoms with Gasteiger partial charge < -0.3 is 18.8 Å². The Morgan fingerprint density at radius 3 is 2.33 bits per heavy atom. The van der Waals surface area contributed by atoms with Gasteiger partial charge in [0.2, 0.25) is 5.89 Å². The molecule has 158 valence electrons. The van der Waals surface area contributed by atoms with E-state index in [0.29, 0.717) is 34.6 Å². The summed E-state index contributed by atoms with van der Waals surface area (Å²) in [6, 6.07) is 12.3. The Morgan fingerprint density at radius 2 is 1.70 bits per heavy atom. The highest BCUT2D eigenvalue weighted by molar-refractivity contribution is 7.71. The van der Waals surface area contributed by atoms with Crippen molar-refractivity contribution in [1.82, 2.24) is 14.7 Å². The number of methoxy groups -OCH3 is 2. The number of hydrogen-bond donors (Lipinski definition) is 0. The van der Waals surface area contributed by atoms with Crippen molar-refractivity contribution < 1.29 is 18.3 Å². The lowest BCUT2D eigenvalue weighted by Gasteiger charge is -2.35. The third-order valence-corrected chi connectivity index (χ3v) is 5.40. The zero-order chi connectivity index (χ0) is 21.1. The number of ether oxygens (including phenoxy) is 2. The quantitative estimate of drug-likeness (QED) is 0.551. The molecule has 0 unspecified atom stereocenters. The van der Waals surface area contributed by atoms with Crippen LogP contribution in [-0.4, -0.2) is 55.1 Å². The van der Waals surface area contributed by atoms with Gasteiger partial charge in [0.25, 0.3) is 4.84 Å². The number of benzene rings is 2. The molecule has 0 saturated carbocycles. The van der Waals surface area contributed by atoms with Crippen LogP contribution >= 0.6 is 12.2 Å². The number of aromatic nitrogens is 2. The Balaban J connectivity index is 1.45. The zero-order valence-corrected chi connectivity index (χ0v) is 17.7. The standard InChI is InChI=1S/C21H23FN4O3S/c1-27-16-11-15(12-17(13-16)28-2)20-23-26(21(30)29-20)14-24-7-9-25(10-8-24)19-6-4-3-5-18(19)22/h3-6,11-13H,7-10,14H2,1-2H3. The Kier molecular flexibility index (Phi) is 6.01. The fourth-order valence-electron chi connectivity index (χ4n) is 3.47. The summed E-state index contributed by atoms with van der Waals surface area (Å²) < 4.78 is 32.0. The summed E-state index contributed by atoms with van der Waals surface area (Å²) >= 11 is 5.37. The molecule has 0 radical (unpaired) electrons. The molecule has 0 spiro atoms. The first-order valence-electron chi connectivity index (χ1n) is 9.60. The van der Waals surface area contributed by atoms with Gasteiger partial charge >= 0.3 is 0 Å². The van der Waals surface area contributed by atoms with E-state index in [1.807, 2.05) is 24.3 Å². The van der Waals surface area contributed by atoms with E-state index >= 15 is 0 Å². The fourth-order valence-corrected chi connectivity index (χ4v) is 3.65. The molecule has 1 aliphatic rings. The number of para-hydroxylation sites is 1. The molecule has 0 bridgehead atoms. The Labute approximate surface area is 179 Å². The molecule has 1 aromatic heterocycles. The van der Waals surface area contributed by atoms with Crippen molar-refractivity contribution in [1.29, 1.82) is 0 Å². The summed E-state index contributed by atoms with van der Waals surface area (Å²) in [7, 11) is 3.18. The van der Waals surface area contributed by atoms with E-state index in [1.54, 1.807) is 31.0 Å². The minimum absolute atomic E-state index is 0.192. The van der Waals surface area contributed by atoms with E-state index in [1.165, 1.54) is 6.07 Å². The topological polar surface area (TPSA) is 55.9 Å². The van der Waals surface area contributed by atoms with Crippen LogP contribution < -0.4 is 14.4 Å². The van der Waals surface area contributed by atoms with Crippen LogP contribution in [0, 0.1) is 10.7 Å². The molecule has 1 aliphatic heterocycles. The second-order valence-electron chi connectivity index (χ2n) is 6.97. The maximum Gasteiger partial charge on any atom is 0.288 e. The summed E-state index contributed by atoms with van der Waals surface area (Å²) in [6.07, 6.45) is 0. The molecule has 2 aromatic carbocycles. The van der Waals surface area contributed by atoms with E-state index in [2.05, 4.69) is 14.9 Å². The first-order valence-corrected chi connectivity index (χ1v) is 10.0. The minimum Gasteiger partial charge on any atom is -0.497 e. The second-order valence-corrected chi connectivity index (χ2v) is 7.32. The van der Waals surface area contributed by atoms with Crippen molar-refractivity contribution in [2.45, 2.75) is 6.67 Å². The van der Waals surface area contributed by atoms with Gasteiger partial charge in [-0.1, -0.05) is 12.1 Å². The zero-order valence-electron chi connectivity index (χ0n) is 16.9. The van der Waals surface area contributed by atoms with Crippen LogP contribution in [-0.2, 0) is 6.67 Å². The lowest BCUT2D eigenvalue weighted by Crippen LogP contribution is -2.47. The van der Waals surface area contributed by atoms with Crippen LogP contribution in [0.2, 0.25) is 0 Å². The van der Waals surface area contributed by atoms with Crippen molar-refractivity contribution >= 4 is 17.9 Å². The predicted octanol–water partition coefficient (Wildman–Crippen LogP) is 3.81. The fraction of sp³-hybridized carbons (Fsp3) is 0.333. The summed E-state index contributed by atoms with van der Waals surface area (Å²) in [5.74, 6) is 1.50. The molecule has 3 aromatic rings. The van der Waals surface area contributed by atoms with Gasteiger partial charge in [-0.15, -0.1) is 5.10 Å². The van der Waals surface area contributed by atoms with E-state index in [0.717, 1.165) is 31.7 Å². The Morgan fingerprint density at radius 1 is 1.03 bits per heavy atom. The van der Waals surface area contributed by atoms with Crippen molar-refractivity contribution in [2.75, 3.05) is 45.3 Å². The molecular formula is C21H23FN4O3S. The highest BCUT2D eigenvalue weighted by atomic mass is 32.1. The van der Waals surface area contributed by atoms with Gasteiger partial charge in [-0.2, -0.15) is 0 Å². The molecule has 7 nitrogen and oxygen atoms in total. The van der Waals surface area contributed by atoms with E-state index < -0.39 is 0 Å². The first-order chi connectivity index (χ1) is 14.6. The summed E-state index contributed by atoms with van der Waals surface area (Å²) in [4.78, 5) is 4.57. The van der Waals surface area contributed by atoms with Crippen LogP contribution in [0.3, 0.4) is 0 Å². The molecule has 0 amide bonds. The van der Waals surface area contributed by atoms with E-state index in [9.17, 15) is 4.39 Å². The summed E-state index contributed by atoms with van der Waals surface area (Å²) in [6.45, 7) is 3.50. The van der Waals surface area contributed by atoms with Crippen LogP contribution in [0.4, 0.5) is 10.1 Å². The highest BCUT2D eigenvalue weighted by Gasteiger charge is 2.21. The SMILES string of the molecule is COc1cc(OC)cc(-c2nn(CN3CCN(c4ccccc4F)CC3)c(=S)o2)c1. The maximum atomic E-state index is 14.0. The van der Waals surface area contributed by atoms with Gasteiger partial charge in [-0.3, -0.25) is 4.90 Å². The molecule has 4 rings (SSSR count). The number of nitrogens with zero attached hydrogens (tertiary/aromatic N) is 4. The van der Waals surface area contributed by atoms with Crippen LogP contribution in [0.1, 0.15) is 0 Å². The molecule has 30 heavy (non-hydrogen) atoms. The minimum atomic E-state index is -0.192. The molecule has 1 saturated heterocycles. The average Bonchev–Trinajstić information content (AvgIpc) is 3.14. The van der Waals surface area contributed by atoms with Crippen LogP contribution in [0.5, 0.6) is 11.5 Å². The lowest BCUT2D eigenvalue weighted by molar-refractivity contribution is 0.192. The lowest BCUT2D eigenvalue weighted by atomic mass is 10.2. The first kappa shape index (κ1) is 20.4. The second kappa shape index (κ2) is 8.85.